The molecule has 2 aromatic rings. The first-order valence-corrected chi connectivity index (χ1v) is 5.46. The molecule has 4 heteroatoms. The zero-order valence-electron chi connectivity index (χ0n) is 8.98. The maximum atomic E-state index is 11.9. The molecular weight excluding hydrogens is 236 g/mol. The number of rotatable bonds is 2. The number of benzene rings is 2. The number of hydrogen-bond donors (Lipinski definition) is 2. The van der Waals surface area contributed by atoms with Gasteiger partial charge in [0.1, 0.15) is 0 Å². The van der Waals surface area contributed by atoms with Crippen LogP contribution < -0.4 is 11.1 Å². The minimum atomic E-state index is -0.249. The van der Waals surface area contributed by atoms with E-state index in [1.165, 1.54) is 0 Å². The van der Waals surface area contributed by atoms with E-state index in [0.717, 1.165) is 0 Å². The average Bonchev–Trinajstić information content (AvgIpc) is 2.29. The molecule has 3 nitrogen and oxygen atoms in total. The van der Waals surface area contributed by atoms with E-state index in [2.05, 4.69) is 5.32 Å². The number of halogens is 1. The van der Waals surface area contributed by atoms with Crippen LogP contribution in [0, 0.1) is 0 Å². The largest absolute Gasteiger partial charge is 0.399 e. The summed E-state index contributed by atoms with van der Waals surface area (Å²) in [5.74, 6) is -0.249. The Morgan fingerprint density at radius 3 is 2.59 bits per heavy atom. The van der Waals surface area contributed by atoms with Crippen molar-refractivity contribution < 1.29 is 4.79 Å². The summed E-state index contributed by atoms with van der Waals surface area (Å²) in [5, 5.41) is 3.16. The Morgan fingerprint density at radius 2 is 1.88 bits per heavy atom. The highest BCUT2D eigenvalue weighted by Gasteiger charge is 2.09. The van der Waals surface area contributed by atoms with E-state index >= 15 is 0 Å². The van der Waals surface area contributed by atoms with Crippen molar-refractivity contribution in [3.63, 3.8) is 0 Å². The number of nitrogens with two attached hydrogens (primary N) is 1. The molecule has 1 amide bonds. The Labute approximate surface area is 104 Å². The highest BCUT2D eigenvalue weighted by molar-refractivity contribution is 6.34. The Bertz CT molecular complexity index is 555. The van der Waals surface area contributed by atoms with Gasteiger partial charge < -0.3 is 11.1 Å². The molecule has 0 spiro atoms. The quantitative estimate of drug-likeness (QED) is 0.800. The van der Waals surface area contributed by atoms with E-state index in [0.29, 0.717) is 22.0 Å². The predicted octanol–water partition coefficient (Wildman–Crippen LogP) is 3.17. The zero-order chi connectivity index (χ0) is 12.3. The summed E-state index contributed by atoms with van der Waals surface area (Å²) in [6.07, 6.45) is 0. The van der Waals surface area contributed by atoms with Crippen molar-refractivity contribution in [1.29, 1.82) is 0 Å². The maximum absolute atomic E-state index is 11.9. The van der Waals surface area contributed by atoms with Gasteiger partial charge in [-0.25, -0.2) is 0 Å². The van der Waals surface area contributed by atoms with Gasteiger partial charge in [0.15, 0.2) is 0 Å². The van der Waals surface area contributed by atoms with E-state index in [9.17, 15) is 4.79 Å². The SMILES string of the molecule is Nc1cccc(NC(=O)c2ccccc2Cl)c1. The molecule has 0 heterocycles. The number of carbonyl (C=O) groups is 1. The van der Waals surface area contributed by atoms with Crippen LogP contribution in [0.2, 0.25) is 5.02 Å². The third-order valence-corrected chi connectivity index (χ3v) is 2.59. The van der Waals surface area contributed by atoms with Crippen LogP contribution in [0.5, 0.6) is 0 Å². The molecule has 0 unspecified atom stereocenters. The smallest absolute Gasteiger partial charge is 0.257 e. The molecule has 0 aliphatic carbocycles. The van der Waals surface area contributed by atoms with Crippen molar-refractivity contribution in [2.75, 3.05) is 11.1 Å². The van der Waals surface area contributed by atoms with Gasteiger partial charge in [0.2, 0.25) is 0 Å². The average molecular weight is 247 g/mol. The van der Waals surface area contributed by atoms with Crippen molar-refractivity contribution in [3.05, 3.63) is 59.1 Å². The summed E-state index contributed by atoms with van der Waals surface area (Å²) >= 11 is 5.93. The van der Waals surface area contributed by atoms with Gasteiger partial charge in [0.05, 0.1) is 10.6 Å². The topological polar surface area (TPSA) is 55.1 Å². The third-order valence-electron chi connectivity index (χ3n) is 2.26. The summed E-state index contributed by atoms with van der Waals surface area (Å²) in [7, 11) is 0. The molecule has 86 valence electrons. The van der Waals surface area contributed by atoms with Crippen LogP contribution in [0.4, 0.5) is 11.4 Å². The Hall–Kier alpha value is -2.00. The van der Waals surface area contributed by atoms with E-state index in [1.54, 1.807) is 48.5 Å². The standard InChI is InChI=1S/C13H11ClN2O/c14-12-7-2-1-6-11(12)13(17)16-10-5-3-4-9(15)8-10/h1-8H,15H2,(H,16,17). The molecule has 0 bridgehead atoms. The summed E-state index contributed by atoms with van der Waals surface area (Å²) in [6, 6.07) is 13.9. The fourth-order valence-corrected chi connectivity index (χ4v) is 1.68. The number of amides is 1. The van der Waals surface area contributed by atoms with Crippen LogP contribution in [0.15, 0.2) is 48.5 Å². The van der Waals surface area contributed by atoms with Crippen LogP contribution in [-0.4, -0.2) is 5.91 Å². The molecular formula is C13H11ClN2O. The van der Waals surface area contributed by atoms with Gasteiger partial charge >= 0.3 is 0 Å². The van der Waals surface area contributed by atoms with Gasteiger partial charge in [-0.1, -0.05) is 29.8 Å². The summed E-state index contributed by atoms with van der Waals surface area (Å²) in [5.41, 5.74) is 7.31. The van der Waals surface area contributed by atoms with Gasteiger partial charge in [0, 0.05) is 11.4 Å². The lowest BCUT2D eigenvalue weighted by Gasteiger charge is -2.06. The lowest BCUT2D eigenvalue weighted by Crippen LogP contribution is -2.12. The second kappa shape index (κ2) is 4.89. The molecule has 2 aromatic carbocycles. The molecule has 0 aliphatic rings. The number of carbonyl (C=O) groups excluding carboxylic acids is 1. The number of hydrogen-bond acceptors (Lipinski definition) is 2. The van der Waals surface area contributed by atoms with Crippen LogP contribution in [0.1, 0.15) is 10.4 Å². The molecule has 0 saturated heterocycles. The lowest BCUT2D eigenvalue weighted by atomic mass is 10.2. The molecule has 0 fully saturated rings. The fourth-order valence-electron chi connectivity index (χ4n) is 1.46. The second-order valence-electron chi connectivity index (χ2n) is 3.56. The Balaban J connectivity index is 2.20. The Kier molecular flexibility index (Phi) is 3.30. The van der Waals surface area contributed by atoms with Gasteiger partial charge in [-0.05, 0) is 30.3 Å². The van der Waals surface area contributed by atoms with Gasteiger partial charge in [-0.15, -0.1) is 0 Å². The zero-order valence-corrected chi connectivity index (χ0v) is 9.74. The summed E-state index contributed by atoms with van der Waals surface area (Å²) in [6.45, 7) is 0. The fraction of sp³-hybridized carbons (Fsp3) is 0. The summed E-state index contributed by atoms with van der Waals surface area (Å²) in [4.78, 5) is 11.9. The normalized spacial score (nSPS) is 9.94. The molecule has 17 heavy (non-hydrogen) atoms. The van der Waals surface area contributed by atoms with Crippen molar-refractivity contribution in [1.82, 2.24) is 0 Å². The highest BCUT2D eigenvalue weighted by Crippen LogP contribution is 2.18. The van der Waals surface area contributed by atoms with E-state index in [1.807, 2.05) is 0 Å². The molecule has 2 rings (SSSR count). The lowest BCUT2D eigenvalue weighted by molar-refractivity contribution is 0.102. The molecule has 0 aliphatic heterocycles. The summed E-state index contributed by atoms with van der Waals surface area (Å²) < 4.78 is 0. The van der Waals surface area contributed by atoms with E-state index < -0.39 is 0 Å². The molecule has 3 N–H and O–H groups in total. The first-order chi connectivity index (χ1) is 8.16. The minimum Gasteiger partial charge on any atom is -0.399 e. The van der Waals surface area contributed by atoms with Crippen LogP contribution in [0.3, 0.4) is 0 Å². The van der Waals surface area contributed by atoms with Gasteiger partial charge in [0.25, 0.3) is 5.91 Å². The van der Waals surface area contributed by atoms with Crippen molar-refractivity contribution >= 4 is 28.9 Å². The van der Waals surface area contributed by atoms with Gasteiger partial charge in [-0.3, -0.25) is 4.79 Å². The number of nitrogen functional groups attached to an aromatic ring is 1. The molecule has 0 aromatic heterocycles. The minimum absolute atomic E-state index is 0.249. The van der Waals surface area contributed by atoms with Crippen LogP contribution in [0.25, 0.3) is 0 Å². The van der Waals surface area contributed by atoms with Gasteiger partial charge in [-0.2, -0.15) is 0 Å². The number of nitrogens with one attached hydrogen (secondary N) is 1. The van der Waals surface area contributed by atoms with Crippen LogP contribution >= 0.6 is 11.6 Å². The van der Waals surface area contributed by atoms with Crippen molar-refractivity contribution in [2.24, 2.45) is 0 Å². The first kappa shape index (κ1) is 11.5. The second-order valence-corrected chi connectivity index (χ2v) is 3.97. The number of anilines is 2. The maximum Gasteiger partial charge on any atom is 0.257 e. The van der Waals surface area contributed by atoms with Crippen molar-refractivity contribution in [3.8, 4) is 0 Å². The van der Waals surface area contributed by atoms with E-state index in [4.69, 9.17) is 17.3 Å². The van der Waals surface area contributed by atoms with E-state index in [-0.39, 0.29) is 5.91 Å². The molecule has 0 radical (unpaired) electrons. The highest BCUT2D eigenvalue weighted by atomic mass is 35.5. The monoisotopic (exact) mass is 246 g/mol. The Morgan fingerprint density at radius 1 is 1.12 bits per heavy atom. The van der Waals surface area contributed by atoms with Crippen LogP contribution in [-0.2, 0) is 0 Å². The first-order valence-electron chi connectivity index (χ1n) is 5.08. The predicted molar refractivity (Wildman–Crippen MR) is 70.3 cm³/mol. The third kappa shape index (κ3) is 2.77. The van der Waals surface area contributed by atoms with Crippen molar-refractivity contribution in [2.45, 2.75) is 0 Å². The molecule has 0 atom stereocenters. The molecule has 0 saturated carbocycles.